The largest absolute Gasteiger partial charge is 0.312 e. The highest BCUT2D eigenvalue weighted by Gasteiger charge is 2.11. The Kier molecular flexibility index (Phi) is 2.27. The Hall–Kier alpha value is -1.19. The maximum absolute atomic E-state index is 4.73. The zero-order chi connectivity index (χ0) is 10.1. The van der Waals surface area contributed by atoms with Crippen LogP contribution >= 0.6 is 11.3 Å². The van der Waals surface area contributed by atoms with Crippen molar-refractivity contribution in [1.29, 1.82) is 0 Å². The van der Waals surface area contributed by atoms with E-state index in [0.717, 1.165) is 25.2 Å². The molecule has 0 bridgehead atoms. The van der Waals surface area contributed by atoms with Gasteiger partial charge in [-0.05, 0) is 23.1 Å². The highest BCUT2D eigenvalue weighted by Crippen LogP contribution is 2.24. The highest BCUT2D eigenvalue weighted by molar-refractivity contribution is 7.13. The lowest BCUT2D eigenvalue weighted by atomic mass is 10.1. The molecule has 0 aromatic carbocycles. The molecule has 3 heteroatoms. The zero-order valence-electron chi connectivity index (χ0n) is 8.36. The van der Waals surface area contributed by atoms with Gasteiger partial charge in [0.2, 0.25) is 0 Å². The molecule has 0 unspecified atom stereocenters. The van der Waals surface area contributed by atoms with Crippen molar-refractivity contribution in [3.05, 3.63) is 40.9 Å². The Balaban J connectivity index is 2.04. The Labute approximate surface area is 93.0 Å². The highest BCUT2D eigenvalue weighted by atomic mass is 32.1. The molecule has 15 heavy (non-hydrogen) atoms. The van der Waals surface area contributed by atoms with Gasteiger partial charge in [-0.15, -0.1) is 11.3 Å². The number of nitrogens with one attached hydrogen (secondary N) is 1. The van der Waals surface area contributed by atoms with Gasteiger partial charge in [0, 0.05) is 25.2 Å². The van der Waals surface area contributed by atoms with Crippen LogP contribution in [-0.4, -0.2) is 11.5 Å². The van der Waals surface area contributed by atoms with Crippen LogP contribution in [0.2, 0.25) is 0 Å². The van der Waals surface area contributed by atoms with E-state index in [9.17, 15) is 0 Å². The van der Waals surface area contributed by atoms with Gasteiger partial charge >= 0.3 is 0 Å². The van der Waals surface area contributed by atoms with Gasteiger partial charge in [0.05, 0.1) is 10.6 Å². The number of thiophene rings is 1. The number of hydrogen-bond acceptors (Lipinski definition) is 3. The second kappa shape index (κ2) is 3.76. The molecule has 0 atom stereocenters. The van der Waals surface area contributed by atoms with E-state index in [1.807, 2.05) is 0 Å². The summed E-state index contributed by atoms with van der Waals surface area (Å²) in [6.07, 6.45) is 1.05. The van der Waals surface area contributed by atoms with E-state index in [0.29, 0.717) is 0 Å². The predicted octanol–water partition coefficient (Wildman–Crippen LogP) is 2.46. The maximum atomic E-state index is 4.73. The first kappa shape index (κ1) is 9.07. The molecule has 1 aliphatic heterocycles. The van der Waals surface area contributed by atoms with Crippen molar-refractivity contribution in [3.8, 4) is 10.6 Å². The molecule has 0 spiro atoms. The number of rotatable bonds is 1. The van der Waals surface area contributed by atoms with Crippen molar-refractivity contribution in [3.63, 3.8) is 0 Å². The minimum absolute atomic E-state index is 0.965. The Bertz CT molecular complexity index is 462. The van der Waals surface area contributed by atoms with Crippen LogP contribution in [-0.2, 0) is 13.0 Å². The third-order valence-corrected chi connectivity index (χ3v) is 3.59. The van der Waals surface area contributed by atoms with Crippen LogP contribution in [0.25, 0.3) is 10.6 Å². The van der Waals surface area contributed by atoms with E-state index >= 15 is 0 Å². The smallest absolute Gasteiger partial charge is 0.0805 e. The van der Waals surface area contributed by atoms with Crippen molar-refractivity contribution < 1.29 is 0 Å². The second-order valence-corrected chi connectivity index (χ2v) is 4.65. The van der Waals surface area contributed by atoms with Gasteiger partial charge < -0.3 is 5.32 Å². The monoisotopic (exact) mass is 216 g/mol. The average molecular weight is 216 g/mol. The molecule has 0 amide bonds. The van der Waals surface area contributed by atoms with Crippen LogP contribution in [0.1, 0.15) is 11.3 Å². The van der Waals surface area contributed by atoms with Gasteiger partial charge in [-0.25, -0.2) is 0 Å². The van der Waals surface area contributed by atoms with E-state index in [-0.39, 0.29) is 0 Å². The molecule has 0 radical (unpaired) electrons. The lowest BCUT2D eigenvalue weighted by Crippen LogP contribution is -2.24. The summed E-state index contributed by atoms with van der Waals surface area (Å²) in [6, 6.07) is 8.52. The summed E-state index contributed by atoms with van der Waals surface area (Å²) in [5.74, 6) is 0. The molecule has 2 aromatic heterocycles. The number of fused-ring (bicyclic) bond motifs is 1. The van der Waals surface area contributed by atoms with Gasteiger partial charge in [-0.2, -0.15) is 0 Å². The fraction of sp³-hybridized carbons (Fsp3) is 0.250. The molecule has 0 aliphatic carbocycles. The molecular formula is C12H12N2S. The Morgan fingerprint density at radius 1 is 1.27 bits per heavy atom. The van der Waals surface area contributed by atoms with Gasteiger partial charge in [0.1, 0.15) is 0 Å². The molecule has 0 saturated carbocycles. The quantitative estimate of drug-likeness (QED) is 0.792. The van der Waals surface area contributed by atoms with Crippen LogP contribution in [0.5, 0.6) is 0 Å². The van der Waals surface area contributed by atoms with Crippen molar-refractivity contribution in [2.45, 2.75) is 13.0 Å². The van der Waals surface area contributed by atoms with Crippen LogP contribution in [0.4, 0.5) is 0 Å². The molecule has 1 aliphatic rings. The number of pyridine rings is 1. The summed E-state index contributed by atoms with van der Waals surface area (Å²) >= 11 is 1.75. The third-order valence-electron chi connectivity index (χ3n) is 2.70. The first-order chi connectivity index (χ1) is 7.43. The summed E-state index contributed by atoms with van der Waals surface area (Å²) < 4.78 is 0. The number of aromatic nitrogens is 1. The van der Waals surface area contributed by atoms with Crippen LogP contribution in [0.15, 0.2) is 29.6 Å². The van der Waals surface area contributed by atoms with Crippen molar-refractivity contribution in [2.75, 3.05) is 6.54 Å². The van der Waals surface area contributed by atoms with Crippen LogP contribution in [0, 0.1) is 0 Å². The molecule has 0 fully saturated rings. The van der Waals surface area contributed by atoms with E-state index < -0.39 is 0 Å². The van der Waals surface area contributed by atoms with Crippen molar-refractivity contribution in [1.82, 2.24) is 10.3 Å². The van der Waals surface area contributed by atoms with E-state index in [2.05, 4.69) is 35.0 Å². The molecule has 3 rings (SSSR count). The van der Waals surface area contributed by atoms with E-state index in [1.54, 1.807) is 11.3 Å². The minimum atomic E-state index is 0.965. The number of hydrogen-bond donors (Lipinski definition) is 1. The van der Waals surface area contributed by atoms with Crippen LogP contribution in [0.3, 0.4) is 0 Å². The summed E-state index contributed by atoms with van der Waals surface area (Å²) in [4.78, 5) is 5.99. The Morgan fingerprint density at radius 2 is 2.27 bits per heavy atom. The summed E-state index contributed by atoms with van der Waals surface area (Å²) in [6.45, 7) is 2.01. The zero-order valence-corrected chi connectivity index (χ0v) is 9.18. The van der Waals surface area contributed by atoms with Crippen molar-refractivity contribution >= 4 is 11.3 Å². The molecular weight excluding hydrogens is 204 g/mol. The van der Waals surface area contributed by atoms with Gasteiger partial charge in [0.15, 0.2) is 0 Å². The van der Waals surface area contributed by atoms with Gasteiger partial charge in [-0.1, -0.05) is 12.1 Å². The summed E-state index contributed by atoms with van der Waals surface area (Å²) in [7, 11) is 0. The lowest BCUT2D eigenvalue weighted by molar-refractivity contribution is 0.631. The van der Waals surface area contributed by atoms with Crippen molar-refractivity contribution in [2.24, 2.45) is 0 Å². The SMILES string of the molecule is c1csc(-c2ccc3c(n2)CCNC3)c1. The average Bonchev–Trinajstić information content (AvgIpc) is 2.82. The van der Waals surface area contributed by atoms with E-state index in [4.69, 9.17) is 4.98 Å². The van der Waals surface area contributed by atoms with E-state index in [1.165, 1.54) is 16.1 Å². The standard InChI is InChI=1S/C12H12N2S/c1-2-12(15-7-1)11-4-3-9-8-13-6-5-10(9)14-11/h1-4,7,13H,5-6,8H2. The molecule has 2 aromatic rings. The minimum Gasteiger partial charge on any atom is -0.312 e. The summed E-state index contributed by atoms with van der Waals surface area (Å²) in [5, 5.41) is 5.45. The topological polar surface area (TPSA) is 24.9 Å². The van der Waals surface area contributed by atoms with Gasteiger partial charge in [0.25, 0.3) is 0 Å². The first-order valence-corrected chi connectivity index (χ1v) is 6.05. The molecule has 0 saturated heterocycles. The molecule has 3 heterocycles. The molecule has 1 N–H and O–H groups in total. The third kappa shape index (κ3) is 1.68. The maximum Gasteiger partial charge on any atom is 0.0805 e. The molecule has 76 valence electrons. The number of nitrogens with zero attached hydrogens (tertiary/aromatic N) is 1. The summed E-state index contributed by atoms with van der Waals surface area (Å²) in [5.41, 5.74) is 3.73. The fourth-order valence-electron chi connectivity index (χ4n) is 1.90. The fourth-order valence-corrected chi connectivity index (χ4v) is 2.59. The van der Waals surface area contributed by atoms with Gasteiger partial charge in [-0.3, -0.25) is 4.98 Å². The van der Waals surface area contributed by atoms with Crippen LogP contribution < -0.4 is 5.32 Å². The second-order valence-electron chi connectivity index (χ2n) is 3.71. The lowest BCUT2D eigenvalue weighted by Gasteiger charge is -2.16. The first-order valence-electron chi connectivity index (χ1n) is 5.17. The molecule has 2 nitrogen and oxygen atoms in total. The Morgan fingerprint density at radius 3 is 3.13 bits per heavy atom. The normalized spacial score (nSPS) is 14.9. The predicted molar refractivity (Wildman–Crippen MR) is 63.0 cm³/mol.